The number of sulfonamides is 1. The van der Waals surface area contributed by atoms with E-state index in [9.17, 15) is 13.2 Å². The van der Waals surface area contributed by atoms with Crippen LogP contribution in [0.15, 0.2) is 36.4 Å². The molecule has 0 bridgehead atoms. The highest BCUT2D eigenvalue weighted by atomic mass is 32.2. The maximum atomic E-state index is 13.1. The third kappa shape index (κ3) is 4.87. The molecule has 0 fully saturated rings. The van der Waals surface area contributed by atoms with Gasteiger partial charge in [0.15, 0.2) is 17.6 Å². The Labute approximate surface area is 183 Å². The van der Waals surface area contributed by atoms with Gasteiger partial charge < -0.3 is 19.5 Å². The highest BCUT2D eigenvalue weighted by Crippen LogP contribution is 2.36. The Balaban J connectivity index is 1.84. The molecule has 2 unspecified atom stereocenters. The zero-order chi connectivity index (χ0) is 22.8. The smallest absolute Gasteiger partial charge is 0.263 e. The number of methoxy groups -OCH3 is 2. The van der Waals surface area contributed by atoms with Crippen molar-refractivity contribution < 1.29 is 27.4 Å². The molecule has 0 saturated heterocycles. The predicted octanol–water partition coefficient (Wildman–Crippen LogP) is 2.81. The van der Waals surface area contributed by atoms with E-state index in [0.29, 0.717) is 29.4 Å². The van der Waals surface area contributed by atoms with E-state index in [1.165, 1.54) is 4.31 Å². The van der Waals surface area contributed by atoms with Gasteiger partial charge in [0.05, 0.1) is 38.7 Å². The van der Waals surface area contributed by atoms with Crippen molar-refractivity contribution in [1.82, 2.24) is 5.32 Å². The normalized spacial score (nSPS) is 16.7. The van der Waals surface area contributed by atoms with E-state index in [4.69, 9.17) is 14.2 Å². The summed E-state index contributed by atoms with van der Waals surface area (Å²) in [6, 6.07) is 10.4. The summed E-state index contributed by atoms with van der Waals surface area (Å²) in [6.45, 7) is 3.72. The average Bonchev–Trinajstić information content (AvgIpc) is 2.75. The van der Waals surface area contributed by atoms with Crippen molar-refractivity contribution in [2.24, 2.45) is 0 Å². The number of amides is 1. The van der Waals surface area contributed by atoms with Gasteiger partial charge in [-0.05, 0) is 48.7 Å². The van der Waals surface area contributed by atoms with Crippen LogP contribution in [0.25, 0.3) is 0 Å². The quantitative estimate of drug-likeness (QED) is 0.700. The number of nitrogens with one attached hydrogen (secondary N) is 1. The van der Waals surface area contributed by atoms with E-state index >= 15 is 0 Å². The summed E-state index contributed by atoms with van der Waals surface area (Å²) in [5.74, 6) is 1.14. The number of carbonyl (C=O) groups is 1. The minimum absolute atomic E-state index is 0.0938. The molecular formula is C22H28N2O6S. The van der Waals surface area contributed by atoms with Gasteiger partial charge in [-0.15, -0.1) is 0 Å². The van der Waals surface area contributed by atoms with Crippen molar-refractivity contribution in [1.29, 1.82) is 0 Å². The van der Waals surface area contributed by atoms with Crippen molar-refractivity contribution in [2.75, 3.05) is 31.3 Å². The van der Waals surface area contributed by atoms with E-state index in [0.717, 1.165) is 17.4 Å². The van der Waals surface area contributed by atoms with E-state index in [1.807, 2.05) is 32.0 Å². The van der Waals surface area contributed by atoms with Crippen LogP contribution in [0, 0.1) is 6.92 Å². The number of ether oxygens (including phenoxy) is 3. The second-order valence-corrected chi connectivity index (χ2v) is 9.36. The molecule has 0 radical (unpaired) electrons. The van der Waals surface area contributed by atoms with Crippen molar-refractivity contribution in [3.8, 4) is 17.2 Å². The van der Waals surface area contributed by atoms with Crippen LogP contribution in [0.2, 0.25) is 0 Å². The number of rotatable bonds is 7. The first-order chi connectivity index (χ1) is 14.7. The molecule has 1 N–H and O–H groups in total. The molecule has 1 amide bonds. The molecule has 0 aromatic heterocycles. The Hall–Kier alpha value is -2.94. The lowest BCUT2D eigenvalue weighted by molar-refractivity contribution is -0.128. The fourth-order valence-corrected chi connectivity index (χ4v) is 4.47. The highest BCUT2D eigenvalue weighted by Gasteiger charge is 2.35. The molecule has 1 aliphatic rings. The SMILES string of the molecule is CCC(NC(=O)C1CN(S(C)(=O)=O)c2cc(C)ccc2O1)c1ccc(OC)c(OC)c1. The number of anilines is 1. The Bertz CT molecular complexity index is 1070. The largest absolute Gasteiger partial charge is 0.493 e. The molecule has 0 saturated carbocycles. The fourth-order valence-electron chi connectivity index (χ4n) is 3.57. The van der Waals surface area contributed by atoms with Gasteiger partial charge in [-0.3, -0.25) is 9.10 Å². The Morgan fingerprint density at radius 3 is 2.52 bits per heavy atom. The van der Waals surface area contributed by atoms with Crippen molar-refractivity contribution in [3.05, 3.63) is 47.5 Å². The summed E-state index contributed by atoms with van der Waals surface area (Å²) >= 11 is 0. The Kier molecular flexibility index (Phi) is 6.64. The lowest BCUT2D eigenvalue weighted by atomic mass is 10.0. The maximum Gasteiger partial charge on any atom is 0.263 e. The van der Waals surface area contributed by atoms with Gasteiger partial charge in [-0.1, -0.05) is 19.1 Å². The molecule has 2 aromatic rings. The standard InChI is InChI=1S/C22H28N2O6S/c1-6-16(15-8-10-19(28-3)20(12-15)29-4)23-22(25)21-13-24(31(5,26)27)17-11-14(2)7-9-18(17)30-21/h7-12,16,21H,6,13H2,1-5H3,(H,23,25). The first-order valence-electron chi connectivity index (χ1n) is 9.95. The molecular weight excluding hydrogens is 420 g/mol. The van der Waals surface area contributed by atoms with E-state index < -0.39 is 16.1 Å². The van der Waals surface area contributed by atoms with Crippen molar-refractivity contribution in [2.45, 2.75) is 32.4 Å². The number of hydrogen-bond acceptors (Lipinski definition) is 6. The van der Waals surface area contributed by atoms with Crippen LogP contribution in [-0.2, 0) is 14.8 Å². The number of hydrogen-bond donors (Lipinski definition) is 1. The zero-order valence-corrected chi connectivity index (χ0v) is 19.2. The fraction of sp³-hybridized carbons (Fsp3) is 0.409. The van der Waals surface area contributed by atoms with Crippen molar-refractivity contribution >= 4 is 21.6 Å². The third-order valence-electron chi connectivity index (χ3n) is 5.21. The van der Waals surface area contributed by atoms with Gasteiger partial charge >= 0.3 is 0 Å². The molecule has 8 nitrogen and oxygen atoms in total. The van der Waals surface area contributed by atoms with E-state index in [-0.39, 0.29) is 18.5 Å². The third-order valence-corrected chi connectivity index (χ3v) is 6.36. The van der Waals surface area contributed by atoms with Gasteiger partial charge in [0.2, 0.25) is 10.0 Å². The molecule has 3 rings (SSSR count). The second kappa shape index (κ2) is 9.05. The van der Waals surface area contributed by atoms with Gasteiger partial charge in [-0.2, -0.15) is 0 Å². The van der Waals surface area contributed by atoms with E-state index in [2.05, 4.69) is 5.32 Å². The molecule has 168 valence electrons. The van der Waals surface area contributed by atoms with Crippen LogP contribution in [0.1, 0.15) is 30.5 Å². The van der Waals surface area contributed by atoms with Gasteiger partial charge in [0.25, 0.3) is 5.91 Å². The summed E-state index contributed by atoms with van der Waals surface area (Å²) in [5, 5.41) is 2.97. The molecule has 1 heterocycles. The van der Waals surface area contributed by atoms with E-state index in [1.54, 1.807) is 32.4 Å². The molecule has 0 aliphatic carbocycles. The molecule has 31 heavy (non-hydrogen) atoms. The number of carbonyl (C=O) groups excluding carboxylic acids is 1. The number of aryl methyl sites for hydroxylation is 1. The summed E-state index contributed by atoms with van der Waals surface area (Å²) in [6.07, 6.45) is 0.774. The molecule has 2 aromatic carbocycles. The summed E-state index contributed by atoms with van der Waals surface area (Å²) in [7, 11) is -0.472. The monoisotopic (exact) mass is 448 g/mol. The van der Waals surface area contributed by atoms with Crippen LogP contribution >= 0.6 is 0 Å². The van der Waals surface area contributed by atoms with Crippen LogP contribution in [-0.4, -0.2) is 47.4 Å². The van der Waals surface area contributed by atoms with Gasteiger partial charge in [0.1, 0.15) is 5.75 Å². The summed E-state index contributed by atoms with van der Waals surface area (Å²) in [4.78, 5) is 13.1. The Morgan fingerprint density at radius 1 is 1.19 bits per heavy atom. The summed E-state index contributed by atoms with van der Waals surface area (Å²) in [5.41, 5.74) is 2.19. The zero-order valence-electron chi connectivity index (χ0n) is 18.3. The molecule has 1 aliphatic heterocycles. The van der Waals surface area contributed by atoms with Crippen LogP contribution in [0.4, 0.5) is 5.69 Å². The second-order valence-electron chi connectivity index (χ2n) is 7.46. The predicted molar refractivity (Wildman–Crippen MR) is 119 cm³/mol. The molecule has 0 spiro atoms. The minimum atomic E-state index is -3.58. The minimum Gasteiger partial charge on any atom is -0.493 e. The first-order valence-corrected chi connectivity index (χ1v) is 11.8. The number of nitrogens with zero attached hydrogens (tertiary/aromatic N) is 1. The van der Waals surface area contributed by atoms with Crippen LogP contribution in [0.3, 0.4) is 0 Å². The van der Waals surface area contributed by atoms with Crippen molar-refractivity contribution in [3.63, 3.8) is 0 Å². The lowest BCUT2D eigenvalue weighted by Crippen LogP contribution is -2.51. The number of fused-ring (bicyclic) bond motifs is 1. The Morgan fingerprint density at radius 2 is 1.90 bits per heavy atom. The summed E-state index contributed by atoms with van der Waals surface area (Å²) < 4.78 is 42.5. The highest BCUT2D eigenvalue weighted by molar-refractivity contribution is 7.92. The number of benzene rings is 2. The van der Waals surface area contributed by atoms with Gasteiger partial charge in [0, 0.05) is 0 Å². The average molecular weight is 449 g/mol. The maximum absolute atomic E-state index is 13.1. The van der Waals surface area contributed by atoms with Crippen LogP contribution in [0.5, 0.6) is 17.2 Å². The topological polar surface area (TPSA) is 94.2 Å². The van der Waals surface area contributed by atoms with Gasteiger partial charge in [-0.25, -0.2) is 8.42 Å². The molecule has 9 heteroatoms. The lowest BCUT2D eigenvalue weighted by Gasteiger charge is -2.34. The van der Waals surface area contributed by atoms with Crippen LogP contribution < -0.4 is 23.8 Å². The first kappa shape index (κ1) is 22.7. The molecule has 2 atom stereocenters.